The number of fused-ring (bicyclic) bond motifs is 3. The molecule has 27 heavy (non-hydrogen) atoms. The Bertz CT molecular complexity index is 1080. The van der Waals surface area contributed by atoms with Gasteiger partial charge in [-0.3, -0.25) is 9.59 Å². The number of carbonyl (C=O) groups excluding carboxylic acids is 2. The molecule has 2 aliphatic heterocycles. The second-order valence-corrected chi connectivity index (χ2v) is 8.29. The molecule has 4 heteroatoms. The highest BCUT2D eigenvalue weighted by molar-refractivity contribution is 6.04. The Morgan fingerprint density at radius 2 is 1.89 bits per heavy atom. The summed E-state index contributed by atoms with van der Waals surface area (Å²) >= 11 is 0. The fraction of sp³-hybridized carbons (Fsp3) is 0.304. The molecule has 1 atom stereocenters. The molecule has 0 fully saturated rings. The first kappa shape index (κ1) is 16.3. The molecule has 1 unspecified atom stereocenters. The molecule has 0 saturated heterocycles. The van der Waals surface area contributed by atoms with Crippen molar-refractivity contribution in [3.05, 3.63) is 69.3 Å². The van der Waals surface area contributed by atoms with E-state index in [0.717, 1.165) is 44.7 Å². The van der Waals surface area contributed by atoms with Crippen LogP contribution in [0.5, 0.6) is 5.75 Å². The lowest BCUT2D eigenvalue weighted by molar-refractivity contribution is -0.114. The SMILES string of the molecule is Cc1c(C)c2c(c3c1C=C1C=CC=C4CC(=O)C=CC14O3)C(C)(C)NC2=O. The van der Waals surface area contributed by atoms with Crippen LogP contribution in [0.25, 0.3) is 6.08 Å². The summed E-state index contributed by atoms with van der Waals surface area (Å²) in [5.41, 5.74) is 5.39. The summed E-state index contributed by atoms with van der Waals surface area (Å²) in [6, 6.07) is 0. The summed E-state index contributed by atoms with van der Waals surface area (Å²) in [6.45, 7) is 8.04. The van der Waals surface area contributed by atoms with Gasteiger partial charge in [-0.1, -0.05) is 18.2 Å². The zero-order chi connectivity index (χ0) is 19.1. The lowest BCUT2D eigenvalue weighted by Gasteiger charge is -2.43. The molecule has 2 aliphatic carbocycles. The van der Waals surface area contributed by atoms with Crippen LogP contribution < -0.4 is 10.1 Å². The van der Waals surface area contributed by atoms with Gasteiger partial charge in [-0.15, -0.1) is 0 Å². The van der Waals surface area contributed by atoms with E-state index in [9.17, 15) is 9.59 Å². The summed E-state index contributed by atoms with van der Waals surface area (Å²) in [4.78, 5) is 24.7. The summed E-state index contributed by atoms with van der Waals surface area (Å²) in [5, 5.41) is 3.09. The molecule has 1 spiro atoms. The van der Waals surface area contributed by atoms with Gasteiger partial charge < -0.3 is 10.1 Å². The van der Waals surface area contributed by atoms with Gasteiger partial charge in [0.25, 0.3) is 5.91 Å². The van der Waals surface area contributed by atoms with Gasteiger partial charge in [0.05, 0.1) is 11.1 Å². The predicted octanol–water partition coefficient (Wildman–Crippen LogP) is 3.82. The van der Waals surface area contributed by atoms with Gasteiger partial charge in [0.2, 0.25) is 0 Å². The van der Waals surface area contributed by atoms with Crippen LogP contribution in [-0.2, 0) is 10.3 Å². The zero-order valence-corrected chi connectivity index (χ0v) is 15.9. The Balaban J connectivity index is 1.85. The first-order valence-electron chi connectivity index (χ1n) is 9.26. The number of amides is 1. The van der Waals surface area contributed by atoms with Crippen LogP contribution in [-0.4, -0.2) is 17.3 Å². The van der Waals surface area contributed by atoms with E-state index < -0.39 is 11.1 Å². The standard InChI is InChI=1S/C23H21NO3/c1-12-13(2)18-19(22(3,4)24-21(18)26)20-17(12)11-15-7-5-6-14-10-16(25)8-9-23(14,15)27-20/h5-9,11H,10H2,1-4H3,(H,24,26). The van der Waals surface area contributed by atoms with E-state index in [-0.39, 0.29) is 11.7 Å². The highest BCUT2D eigenvalue weighted by Gasteiger charge is 2.48. The first-order valence-corrected chi connectivity index (χ1v) is 9.26. The zero-order valence-electron chi connectivity index (χ0n) is 15.9. The number of allylic oxidation sites excluding steroid dienone is 3. The third kappa shape index (κ3) is 1.93. The average Bonchev–Trinajstić information content (AvgIpc) is 2.86. The number of nitrogens with one attached hydrogen (secondary N) is 1. The molecule has 0 bridgehead atoms. The quantitative estimate of drug-likeness (QED) is 0.766. The van der Waals surface area contributed by atoms with Crippen molar-refractivity contribution < 1.29 is 14.3 Å². The lowest BCUT2D eigenvalue weighted by atomic mass is 9.73. The van der Waals surface area contributed by atoms with Gasteiger partial charge in [0.15, 0.2) is 11.4 Å². The second kappa shape index (κ2) is 4.89. The number of hydrogen-bond acceptors (Lipinski definition) is 3. The molecule has 1 N–H and O–H groups in total. The minimum absolute atomic E-state index is 0.0528. The van der Waals surface area contributed by atoms with Crippen LogP contribution in [0.4, 0.5) is 0 Å². The topological polar surface area (TPSA) is 55.4 Å². The van der Waals surface area contributed by atoms with E-state index in [4.69, 9.17) is 4.74 Å². The molecule has 1 aromatic rings. The highest BCUT2D eigenvalue weighted by atomic mass is 16.5. The highest BCUT2D eigenvalue weighted by Crippen LogP contribution is 2.52. The van der Waals surface area contributed by atoms with Crippen LogP contribution in [0.3, 0.4) is 0 Å². The fourth-order valence-corrected chi connectivity index (χ4v) is 4.75. The molecule has 4 aliphatic rings. The maximum absolute atomic E-state index is 12.7. The Kier molecular flexibility index (Phi) is 2.95. The van der Waals surface area contributed by atoms with Crippen molar-refractivity contribution in [3.8, 4) is 5.75 Å². The normalized spacial score (nSPS) is 26.2. The summed E-state index contributed by atoms with van der Waals surface area (Å²) in [5.74, 6) is 0.779. The molecule has 4 nitrogen and oxygen atoms in total. The minimum Gasteiger partial charge on any atom is -0.473 e. The molecule has 1 amide bonds. The third-order valence-corrected chi connectivity index (χ3v) is 6.25. The van der Waals surface area contributed by atoms with Gasteiger partial charge in [-0.05, 0) is 62.6 Å². The van der Waals surface area contributed by atoms with E-state index in [1.54, 1.807) is 6.08 Å². The maximum Gasteiger partial charge on any atom is 0.252 e. The van der Waals surface area contributed by atoms with E-state index >= 15 is 0 Å². The average molecular weight is 359 g/mol. The summed E-state index contributed by atoms with van der Waals surface area (Å²) in [6.07, 6.45) is 12.0. The van der Waals surface area contributed by atoms with Crippen molar-refractivity contribution >= 4 is 17.8 Å². The Labute approximate surface area is 158 Å². The van der Waals surface area contributed by atoms with Crippen molar-refractivity contribution in [2.45, 2.75) is 45.3 Å². The number of hydrogen-bond donors (Lipinski definition) is 1. The minimum atomic E-state index is -0.757. The molecule has 136 valence electrons. The number of ether oxygens (including phenoxy) is 1. The molecule has 5 rings (SSSR count). The van der Waals surface area contributed by atoms with Gasteiger partial charge in [0, 0.05) is 23.1 Å². The van der Waals surface area contributed by atoms with Crippen molar-refractivity contribution in [2.24, 2.45) is 0 Å². The van der Waals surface area contributed by atoms with Gasteiger partial charge in [-0.25, -0.2) is 0 Å². The third-order valence-electron chi connectivity index (χ3n) is 6.25. The maximum atomic E-state index is 12.7. The van der Waals surface area contributed by atoms with E-state index in [1.807, 2.05) is 52.0 Å². The van der Waals surface area contributed by atoms with Crippen LogP contribution in [0.15, 0.2) is 41.5 Å². The predicted molar refractivity (Wildman–Crippen MR) is 104 cm³/mol. The molecule has 0 radical (unpaired) electrons. The van der Waals surface area contributed by atoms with Gasteiger partial charge in [0.1, 0.15) is 5.75 Å². The smallest absolute Gasteiger partial charge is 0.252 e. The van der Waals surface area contributed by atoms with Crippen molar-refractivity contribution in [1.82, 2.24) is 5.32 Å². The monoisotopic (exact) mass is 359 g/mol. The molecular weight excluding hydrogens is 338 g/mol. The van der Waals surface area contributed by atoms with Crippen LogP contribution in [0.1, 0.15) is 52.9 Å². The Morgan fingerprint density at radius 3 is 2.67 bits per heavy atom. The Hall–Kier alpha value is -2.88. The summed E-state index contributed by atoms with van der Waals surface area (Å²) < 4.78 is 6.72. The number of carbonyl (C=O) groups is 2. The van der Waals surface area contributed by atoms with Crippen molar-refractivity contribution in [3.63, 3.8) is 0 Å². The van der Waals surface area contributed by atoms with Crippen LogP contribution >= 0.6 is 0 Å². The van der Waals surface area contributed by atoms with E-state index in [0.29, 0.717) is 6.42 Å². The number of rotatable bonds is 0. The second-order valence-electron chi connectivity index (χ2n) is 8.29. The fourth-order valence-electron chi connectivity index (χ4n) is 4.75. The lowest BCUT2D eigenvalue weighted by Crippen LogP contribution is -2.44. The first-order chi connectivity index (χ1) is 12.7. The van der Waals surface area contributed by atoms with Crippen LogP contribution in [0, 0.1) is 13.8 Å². The molecule has 0 saturated carbocycles. The molecule has 0 aromatic heterocycles. The molecule has 2 heterocycles. The largest absolute Gasteiger partial charge is 0.473 e. The van der Waals surface area contributed by atoms with E-state index in [2.05, 4.69) is 11.4 Å². The van der Waals surface area contributed by atoms with Crippen molar-refractivity contribution in [1.29, 1.82) is 0 Å². The molecule has 1 aromatic carbocycles. The van der Waals surface area contributed by atoms with Gasteiger partial charge in [-0.2, -0.15) is 0 Å². The number of benzene rings is 1. The van der Waals surface area contributed by atoms with Gasteiger partial charge >= 0.3 is 0 Å². The summed E-state index contributed by atoms with van der Waals surface area (Å²) in [7, 11) is 0. The Morgan fingerprint density at radius 1 is 1.11 bits per heavy atom. The van der Waals surface area contributed by atoms with Crippen LogP contribution in [0.2, 0.25) is 0 Å². The number of ketones is 1. The molecular formula is C23H21NO3. The van der Waals surface area contributed by atoms with E-state index in [1.165, 1.54) is 0 Å². The van der Waals surface area contributed by atoms with Crippen molar-refractivity contribution in [2.75, 3.05) is 0 Å².